The predicted octanol–water partition coefficient (Wildman–Crippen LogP) is 3.49. The Morgan fingerprint density at radius 1 is 1.08 bits per heavy atom. The van der Waals surface area contributed by atoms with Gasteiger partial charge < -0.3 is 9.47 Å². The highest BCUT2D eigenvalue weighted by molar-refractivity contribution is 5.81. The first-order valence-corrected chi connectivity index (χ1v) is 8.32. The van der Waals surface area contributed by atoms with E-state index >= 15 is 0 Å². The van der Waals surface area contributed by atoms with Gasteiger partial charge in [0.25, 0.3) is 0 Å². The van der Waals surface area contributed by atoms with Crippen LogP contribution in [0, 0.1) is 6.92 Å². The Morgan fingerprint density at radius 2 is 1.76 bits per heavy atom. The molecule has 0 fully saturated rings. The topological polar surface area (TPSA) is 59.9 Å². The molecule has 2 aromatic rings. The molecule has 5 heteroatoms. The molecule has 2 aromatic carbocycles. The van der Waals surface area contributed by atoms with Gasteiger partial charge in [-0.05, 0) is 66.4 Å². The van der Waals surface area contributed by atoms with E-state index in [2.05, 4.69) is 36.5 Å². The van der Waals surface area contributed by atoms with Gasteiger partial charge in [-0.25, -0.2) is 5.43 Å². The van der Waals surface area contributed by atoms with Crippen LogP contribution in [-0.2, 0) is 11.2 Å². The number of hydrogen-bond acceptors (Lipinski definition) is 4. The average molecular weight is 340 g/mol. The van der Waals surface area contributed by atoms with Crippen LogP contribution >= 0.6 is 0 Å². The average Bonchev–Trinajstić information content (AvgIpc) is 2.59. The zero-order valence-electron chi connectivity index (χ0n) is 14.9. The summed E-state index contributed by atoms with van der Waals surface area (Å²) in [5, 5.41) is 3.82. The normalized spacial score (nSPS) is 10.7. The standard InChI is InChI=1S/C20H24N2O3/c1-4-17-11-15(2)12-20(13-17)25-10-9-24-19-7-5-18(6-8-19)14-21-22-16(3)23/h5-8,11-14H,4,9-10H2,1-3H3,(H,22,23)/b21-14+. The van der Waals surface area contributed by atoms with Crippen LogP contribution in [0.25, 0.3) is 0 Å². The second kappa shape index (κ2) is 9.47. The lowest BCUT2D eigenvalue weighted by molar-refractivity contribution is -0.118. The number of nitrogens with zero attached hydrogens (tertiary/aromatic N) is 1. The zero-order chi connectivity index (χ0) is 18.1. The van der Waals surface area contributed by atoms with Gasteiger partial charge in [-0.3, -0.25) is 4.79 Å². The second-order valence-electron chi connectivity index (χ2n) is 5.70. The molecular weight excluding hydrogens is 316 g/mol. The molecule has 0 spiro atoms. The first-order chi connectivity index (χ1) is 12.1. The Balaban J connectivity index is 1.77. The highest BCUT2D eigenvalue weighted by Gasteiger charge is 2.00. The molecule has 0 aliphatic rings. The number of ether oxygens (including phenoxy) is 2. The number of aryl methyl sites for hydroxylation is 2. The summed E-state index contributed by atoms with van der Waals surface area (Å²) in [6.45, 7) is 6.56. The Morgan fingerprint density at radius 3 is 2.40 bits per heavy atom. The Hall–Kier alpha value is -2.82. The third-order valence-corrected chi connectivity index (χ3v) is 3.46. The summed E-state index contributed by atoms with van der Waals surface area (Å²) in [5.41, 5.74) is 5.71. The van der Waals surface area contributed by atoms with Crippen molar-refractivity contribution < 1.29 is 14.3 Å². The van der Waals surface area contributed by atoms with Crippen LogP contribution < -0.4 is 14.9 Å². The van der Waals surface area contributed by atoms with Gasteiger partial charge >= 0.3 is 0 Å². The van der Waals surface area contributed by atoms with E-state index in [1.54, 1.807) is 6.21 Å². The van der Waals surface area contributed by atoms with E-state index in [0.29, 0.717) is 13.2 Å². The Kier molecular flexibility index (Phi) is 7.01. The van der Waals surface area contributed by atoms with Gasteiger partial charge in [0, 0.05) is 6.92 Å². The van der Waals surface area contributed by atoms with Crippen LogP contribution in [0.1, 0.15) is 30.5 Å². The summed E-state index contributed by atoms with van der Waals surface area (Å²) in [7, 11) is 0. The van der Waals surface area contributed by atoms with Crippen LogP contribution in [-0.4, -0.2) is 25.3 Å². The molecule has 25 heavy (non-hydrogen) atoms. The third-order valence-electron chi connectivity index (χ3n) is 3.46. The van der Waals surface area contributed by atoms with E-state index in [0.717, 1.165) is 23.5 Å². The molecule has 0 atom stereocenters. The Bertz CT molecular complexity index is 724. The van der Waals surface area contributed by atoms with E-state index < -0.39 is 0 Å². The van der Waals surface area contributed by atoms with Crippen molar-refractivity contribution in [1.82, 2.24) is 5.43 Å². The lowest BCUT2D eigenvalue weighted by Gasteiger charge is -2.10. The second-order valence-corrected chi connectivity index (χ2v) is 5.70. The molecule has 1 N–H and O–H groups in total. The quantitative estimate of drug-likeness (QED) is 0.455. The highest BCUT2D eigenvalue weighted by Crippen LogP contribution is 2.17. The molecule has 132 valence electrons. The van der Waals surface area contributed by atoms with Crippen molar-refractivity contribution in [2.75, 3.05) is 13.2 Å². The number of hydrazone groups is 1. The number of carbonyl (C=O) groups is 1. The monoisotopic (exact) mass is 340 g/mol. The maximum atomic E-state index is 10.7. The van der Waals surface area contributed by atoms with Crippen molar-refractivity contribution in [1.29, 1.82) is 0 Å². The zero-order valence-corrected chi connectivity index (χ0v) is 14.9. The van der Waals surface area contributed by atoms with Crippen LogP contribution in [0.3, 0.4) is 0 Å². The molecule has 0 saturated heterocycles. The maximum Gasteiger partial charge on any atom is 0.236 e. The maximum absolute atomic E-state index is 10.7. The van der Waals surface area contributed by atoms with E-state index in [1.165, 1.54) is 18.1 Å². The summed E-state index contributed by atoms with van der Waals surface area (Å²) in [6.07, 6.45) is 2.57. The van der Waals surface area contributed by atoms with Gasteiger partial charge in [0.2, 0.25) is 5.91 Å². The SMILES string of the molecule is CCc1cc(C)cc(OCCOc2ccc(/C=N/NC(C)=O)cc2)c1. The fourth-order valence-electron chi connectivity index (χ4n) is 2.28. The molecular formula is C20H24N2O3. The molecule has 0 bridgehead atoms. The molecule has 0 aliphatic heterocycles. The molecule has 0 saturated carbocycles. The van der Waals surface area contributed by atoms with E-state index in [-0.39, 0.29) is 5.91 Å². The van der Waals surface area contributed by atoms with Crippen LogP contribution in [0.4, 0.5) is 0 Å². The number of rotatable bonds is 8. The first-order valence-electron chi connectivity index (χ1n) is 8.32. The summed E-state index contributed by atoms with van der Waals surface area (Å²) in [5.74, 6) is 1.44. The number of nitrogens with one attached hydrogen (secondary N) is 1. The van der Waals surface area contributed by atoms with Gasteiger partial charge in [0.15, 0.2) is 0 Å². The molecule has 1 amide bonds. The summed E-state index contributed by atoms with van der Waals surface area (Å²) < 4.78 is 11.4. The number of amides is 1. The third kappa shape index (κ3) is 6.67. The summed E-state index contributed by atoms with van der Waals surface area (Å²) in [4.78, 5) is 10.7. The van der Waals surface area contributed by atoms with Crippen molar-refractivity contribution >= 4 is 12.1 Å². The predicted molar refractivity (Wildman–Crippen MR) is 99.4 cm³/mol. The van der Waals surface area contributed by atoms with E-state index in [1.807, 2.05) is 30.3 Å². The van der Waals surface area contributed by atoms with Crippen molar-refractivity contribution in [3.05, 3.63) is 59.2 Å². The van der Waals surface area contributed by atoms with Gasteiger partial charge in [0.05, 0.1) is 6.21 Å². The highest BCUT2D eigenvalue weighted by atomic mass is 16.5. The van der Waals surface area contributed by atoms with Crippen LogP contribution in [0.15, 0.2) is 47.6 Å². The van der Waals surface area contributed by atoms with Crippen molar-refractivity contribution in [2.45, 2.75) is 27.2 Å². The number of benzene rings is 2. The molecule has 0 aromatic heterocycles. The lowest BCUT2D eigenvalue weighted by atomic mass is 10.1. The van der Waals surface area contributed by atoms with Gasteiger partial charge in [-0.2, -0.15) is 5.10 Å². The minimum atomic E-state index is -0.198. The molecule has 5 nitrogen and oxygen atoms in total. The lowest BCUT2D eigenvalue weighted by Crippen LogP contribution is -2.12. The van der Waals surface area contributed by atoms with Crippen molar-refractivity contribution in [2.24, 2.45) is 5.10 Å². The molecule has 2 rings (SSSR count). The fraction of sp³-hybridized carbons (Fsp3) is 0.300. The van der Waals surface area contributed by atoms with Crippen molar-refractivity contribution in [3.63, 3.8) is 0 Å². The Labute approximate surface area is 148 Å². The minimum Gasteiger partial charge on any atom is -0.490 e. The minimum absolute atomic E-state index is 0.198. The first kappa shape index (κ1) is 18.5. The molecule has 0 radical (unpaired) electrons. The smallest absolute Gasteiger partial charge is 0.236 e. The van der Waals surface area contributed by atoms with E-state index in [9.17, 15) is 4.79 Å². The largest absolute Gasteiger partial charge is 0.490 e. The van der Waals surface area contributed by atoms with E-state index in [4.69, 9.17) is 9.47 Å². The molecule has 0 heterocycles. The number of carbonyl (C=O) groups excluding carboxylic acids is 1. The number of hydrogen-bond donors (Lipinski definition) is 1. The van der Waals surface area contributed by atoms with Crippen LogP contribution in [0.2, 0.25) is 0 Å². The molecule has 0 aliphatic carbocycles. The summed E-state index contributed by atoms with van der Waals surface area (Å²) >= 11 is 0. The van der Waals surface area contributed by atoms with Crippen molar-refractivity contribution in [3.8, 4) is 11.5 Å². The van der Waals surface area contributed by atoms with Gasteiger partial charge in [0.1, 0.15) is 24.7 Å². The summed E-state index contributed by atoms with van der Waals surface area (Å²) in [6, 6.07) is 13.7. The van der Waals surface area contributed by atoms with Gasteiger partial charge in [-0.1, -0.05) is 13.0 Å². The van der Waals surface area contributed by atoms with Gasteiger partial charge in [-0.15, -0.1) is 0 Å². The fourth-order valence-corrected chi connectivity index (χ4v) is 2.28. The molecule has 0 unspecified atom stereocenters. The van der Waals surface area contributed by atoms with Crippen LogP contribution in [0.5, 0.6) is 11.5 Å².